The quantitative estimate of drug-likeness (QED) is 0.292. The number of unbranched alkanes of at least 4 members (excludes halogenated alkanes) is 1. The summed E-state index contributed by atoms with van der Waals surface area (Å²) in [4.78, 5) is 28.8. The highest BCUT2D eigenvalue weighted by molar-refractivity contribution is 6.10. The monoisotopic (exact) mass is 471 g/mol. The first-order chi connectivity index (χ1) is 17.0. The van der Waals surface area contributed by atoms with Crippen molar-refractivity contribution in [2.45, 2.75) is 39.2 Å². The number of ether oxygens (including phenoxy) is 1. The summed E-state index contributed by atoms with van der Waals surface area (Å²) >= 11 is 0. The Kier molecular flexibility index (Phi) is 6.12. The Hall–Kier alpha value is -3.93. The van der Waals surface area contributed by atoms with Crippen molar-refractivity contribution in [2.24, 2.45) is 0 Å². The number of amides is 1. The fourth-order valence-corrected chi connectivity index (χ4v) is 4.50. The van der Waals surface area contributed by atoms with Gasteiger partial charge in [0.15, 0.2) is 5.43 Å². The Bertz CT molecular complexity index is 1440. The second-order valence-corrected chi connectivity index (χ2v) is 8.68. The minimum absolute atomic E-state index is 0.0121. The largest absolute Gasteiger partial charge is 0.494 e. The van der Waals surface area contributed by atoms with Gasteiger partial charge < -0.3 is 9.15 Å². The third-order valence-electron chi connectivity index (χ3n) is 6.42. The van der Waals surface area contributed by atoms with Gasteiger partial charge in [-0.2, -0.15) is 0 Å². The summed E-state index contributed by atoms with van der Waals surface area (Å²) in [6.07, 6.45) is 2.86. The lowest BCUT2D eigenvalue weighted by Crippen LogP contribution is -2.29. The summed E-state index contributed by atoms with van der Waals surface area (Å²) < 4.78 is 25.7. The molecule has 0 N–H and O–H groups in total. The summed E-state index contributed by atoms with van der Waals surface area (Å²) in [6.45, 7) is 4.79. The standard InChI is InChI=1S/C29H26FNO4/c1-3-5-16-34-22-13-8-19(9-14-22)26-25-27(32)23-17-20(30)10-15-24(23)35-28(25)29(33)31(26)21-11-6-18(4-2)7-12-21/h6-15,17,26H,3-5,16H2,1-2H3. The van der Waals surface area contributed by atoms with Crippen molar-refractivity contribution in [2.75, 3.05) is 11.5 Å². The van der Waals surface area contributed by atoms with E-state index in [4.69, 9.17) is 9.15 Å². The van der Waals surface area contributed by atoms with Gasteiger partial charge in [-0.3, -0.25) is 14.5 Å². The number of anilines is 1. The van der Waals surface area contributed by atoms with E-state index in [1.54, 1.807) is 4.90 Å². The first-order valence-corrected chi connectivity index (χ1v) is 11.9. The van der Waals surface area contributed by atoms with Crippen molar-refractivity contribution in [1.82, 2.24) is 0 Å². The molecule has 2 heterocycles. The van der Waals surface area contributed by atoms with E-state index in [0.717, 1.165) is 42.2 Å². The first-order valence-electron chi connectivity index (χ1n) is 11.9. The predicted octanol–water partition coefficient (Wildman–Crippen LogP) is 6.42. The van der Waals surface area contributed by atoms with Crippen molar-refractivity contribution < 1.29 is 18.3 Å². The fourth-order valence-electron chi connectivity index (χ4n) is 4.50. The molecule has 178 valence electrons. The molecule has 5 nitrogen and oxygen atoms in total. The second kappa shape index (κ2) is 9.37. The van der Waals surface area contributed by atoms with Crippen LogP contribution < -0.4 is 15.1 Å². The van der Waals surface area contributed by atoms with Gasteiger partial charge >= 0.3 is 0 Å². The van der Waals surface area contributed by atoms with E-state index in [2.05, 4.69) is 13.8 Å². The minimum atomic E-state index is -0.710. The number of hydrogen-bond donors (Lipinski definition) is 0. The van der Waals surface area contributed by atoms with Crippen LogP contribution in [-0.4, -0.2) is 12.5 Å². The molecule has 6 heteroatoms. The molecule has 0 fully saturated rings. The number of carbonyl (C=O) groups is 1. The zero-order valence-electron chi connectivity index (χ0n) is 19.7. The van der Waals surface area contributed by atoms with Crippen LogP contribution in [0.1, 0.15) is 60.0 Å². The van der Waals surface area contributed by atoms with Gasteiger partial charge in [0.1, 0.15) is 17.1 Å². The van der Waals surface area contributed by atoms with Crippen molar-refractivity contribution in [3.8, 4) is 5.75 Å². The highest BCUT2D eigenvalue weighted by atomic mass is 19.1. The van der Waals surface area contributed by atoms with Crippen LogP contribution in [0.5, 0.6) is 5.75 Å². The number of rotatable bonds is 7. The zero-order valence-corrected chi connectivity index (χ0v) is 19.7. The Morgan fingerprint density at radius 2 is 1.71 bits per heavy atom. The Morgan fingerprint density at radius 1 is 0.971 bits per heavy atom. The molecule has 0 bridgehead atoms. The Morgan fingerprint density at radius 3 is 2.40 bits per heavy atom. The predicted molar refractivity (Wildman–Crippen MR) is 134 cm³/mol. The number of carbonyl (C=O) groups excluding carboxylic acids is 1. The third kappa shape index (κ3) is 4.09. The molecule has 1 atom stereocenters. The highest BCUT2D eigenvalue weighted by Gasteiger charge is 2.43. The van der Waals surface area contributed by atoms with Gasteiger partial charge in [0.2, 0.25) is 5.76 Å². The van der Waals surface area contributed by atoms with Crippen LogP contribution in [0, 0.1) is 5.82 Å². The Balaban J connectivity index is 1.66. The Labute approximate surface area is 202 Å². The molecule has 1 unspecified atom stereocenters. The maximum atomic E-state index is 14.0. The summed E-state index contributed by atoms with van der Waals surface area (Å²) in [6, 6.07) is 18.1. The van der Waals surface area contributed by atoms with Crippen LogP contribution in [0.2, 0.25) is 0 Å². The highest BCUT2D eigenvalue weighted by Crippen LogP contribution is 2.41. The minimum Gasteiger partial charge on any atom is -0.494 e. The lowest BCUT2D eigenvalue weighted by atomic mass is 9.98. The number of benzene rings is 3. The van der Waals surface area contributed by atoms with Crippen LogP contribution in [0.4, 0.5) is 10.1 Å². The summed E-state index contributed by atoms with van der Waals surface area (Å²) in [5.41, 5.74) is 2.52. The zero-order chi connectivity index (χ0) is 24.5. The molecule has 0 radical (unpaired) electrons. The van der Waals surface area contributed by atoms with E-state index in [1.165, 1.54) is 12.1 Å². The molecule has 3 aromatic carbocycles. The molecule has 5 rings (SSSR count). The van der Waals surface area contributed by atoms with Gasteiger partial charge in [-0.05, 0) is 66.4 Å². The fraction of sp³-hybridized carbons (Fsp3) is 0.241. The molecule has 1 aromatic heterocycles. The SMILES string of the molecule is CCCCOc1ccc(C2c3c(oc4ccc(F)cc4c3=O)C(=O)N2c2ccc(CC)cc2)cc1. The van der Waals surface area contributed by atoms with Gasteiger partial charge in [-0.1, -0.05) is 44.5 Å². The van der Waals surface area contributed by atoms with E-state index in [0.29, 0.717) is 12.3 Å². The van der Waals surface area contributed by atoms with Crippen LogP contribution in [0.3, 0.4) is 0 Å². The smallest absolute Gasteiger partial charge is 0.295 e. The molecule has 35 heavy (non-hydrogen) atoms. The maximum absolute atomic E-state index is 14.0. The molecule has 0 saturated heterocycles. The molecule has 1 amide bonds. The van der Waals surface area contributed by atoms with Crippen LogP contribution in [-0.2, 0) is 6.42 Å². The average molecular weight is 472 g/mol. The van der Waals surface area contributed by atoms with E-state index in [1.807, 2.05) is 48.5 Å². The molecule has 1 aliphatic rings. The van der Waals surface area contributed by atoms with Gasteiger partial charge in [0.25, 0.3) is 5.91 Å². The van der Waals surface area contributed by atoms with Gasteiger partial charge in [0, 0.05) is 5.69 Å². The number of aryl methyl sites for hydroxylation is 1. The summed E-state index contributed by atoms with van der Waals surface area (Å²) in [5, 5.41) is 0.115. The molecule has 4 aromatic rings. The van der Waals surface area contributed by atoms with Crippen LogP contribution in [0.15, 0.2) is 75.9 Å². The topological polar surface area (TPSA) is 59.8 Å². The molecular formula is C29H26FNO4. The van der Waals surface area contributed by atoms with E-state index in [9.17, 15) is 14.0 Å². The van der Waals surface area contributed by atoms with Gasteiger partial charge in [-0.15, -0.1) is 0 Å². The summed E-state index contributed by atoms with van der Waals surface area (Å²) in [7, 11) is 0. The lowest BCUT2D eigenvalue weighted by molar-refractivity contribution is 0.0971. The molecule has 0 saturated carbocycles. The van der Waals surface area contributed by atoms with Crippen molar-refractivity contribution in [3.05, 3.63) is 105 Å². The lowest BCUT2D eigenvalue weighted by Gasteiger charge is -2.25. The second-order valence-electron chi connectivity index (χ2n) is 8.68. The number of hydrogen-bond acceptors (Lipinski definition) is 4. The molecular weight excluding hydrogens is 445 g/mol. The van der Waals surface area contributed by atoms with E-state index >= 15 is 0 Å². The number of nitrogens with zero attached hydrogens (tertiary/aromatic N) is 1. The first kappa shape index (κ1) is 22.8. The van der Waals surface area contributed by atoms with Crippen molar-refractivity contribution in [1.29, 1.82) is 0 Å². The summed E-state index contributed by atoms with van der Waals surface area (Å²) in [5.74, 6) is -0.229. The van der Waals surface area contributed by atoms with Crippen LogP contribution >= 0.6 is 0 Å². The molecule has 0 spiro atoms. The van der Waals surface area contributed by atoms with Gasteiger partial charge in [0.05, 0.1) is 23.6 Å². The number of fused-ring (bicyclic) bond motifs is 2. The maximum Gasteiger partial charge on any atom is 0.295 e. The van der Waals surface area contributed by atoms with E-state index < -0.39 is 23.2 Å². The van der Waals surface area contributed by atoms with Gasteiger partial charge in [-0.25, -0.2) is 4.39 Å². The number of halogens is 1. The third-order valence-corrected chi connectivity index (χ3v) is 6.42. The molecule has 0 aliphatic carbocycles. The normalized spacial score (nSPS) is 15.0. The average Bonchev–Trinajstić information content (AvgIpc) is 3.17. The molecule has 1 aliphatic heterocycles. The van der Waals surface area contributed by atoms with Crippen LogP contribution in [0.25, 0.3) is 11.0 Å². The van der Waals surface area contributed by atoms with Crippen molar-refractivity contribution >= 4 is 22.6 Å². The van der Waals surface area contributed by atoms with Crippen molar-refractivity contribution in [3.63, 3.8) is 0 Å². The van der Waals surface area contributed by atoms with E-state index in [-0.39, 0.29) is 22.3 Å².